The molecular weight excluding hydrogens is 416 g/mol. The number of amides is 4. The van der Waals surface area contributed by atoms with Gasteiger partial charge in [0.15, 0.2) is 0 Å². The van der Waals surface area contributed by atoms with E-state index in [2.05, 4.69) is 5.32 Å². The largest absolute Gasteiger partial charge is 0.489 e. The number of hydrogen-bond donors (Lipinski definition) is 1. The topological polar surface area (TPSA) is 75.7 Å². The van der Waals surface area contributed by atoms with Crippen molar-refractivity contribution in [1.82, 2.24) is 5.32 Å². The summed E-state index contributed by atoms with van der Waals surface area (Å²) in [5.74, 6) is -0.885. The molecule has 1 N–H and O–H groups in total. The van der Waals surface area contributed by atoms with Gasteiger partial charge >= 0.3 is 6.03 Å². The van der Waals surface area contributed by atoms with Crippen LogP contribution in [0.4, 0.5) is 10.5 Å². The van der Waals surface area contributed by atoms with Crippen LogP contribution in [0.15, 0.2) is 84.4 Å². The van der Waals surface area contributed by atoms with Crippen LogP contribution in [0.25, 0.3) is 6.08 Å². The van der Waals surface area contributed by atoms with Crippen LogP contribution in [0.1, 0.15) is 11.1 Å². The Bertz CT molecular complexity index is 1170. The number of ether oxygens (including phenoxy) is 1. The lowest BCUT2D eigenvalue weighted by molar-refractivity contribution is -0.122. The minimum Gasteiger partial charge on any atom is -0.489 e. The SMILES string of the molecule is O=C1NC(=O)N(c2ccc(OCc3ccccc3)cc2)C(=O)/C1=C/c1cccc(Cl)c1. The maximum Gasteiger partial charge on any atom is 0.335 e. The van der Waals surface area contributed by atoms with E-state index in [4.69, 9.17) is 16.3 Å². The molecule has 4 amide bonds. The molecule has 6 nitrogen and oxygen atoms in total. The van der Waals surface area contributed by atoms with Crippen molar-refractivity contribution in [2.24, 2.45) is 0 Å². The normalized spacial score (nSPS) is 15.2. The van der Waals surface area contributed by atoms with Crippen LogP contribution in [0, 0.1) is 0 Å². The number of nitrogens with zero attached hydrogens (tertiary/aromatic N) is 1. The highest BCUT2D eigenvalue weighted by atomic mass is 35.5. The summed E-state index contributed by atoms with van der Waals surface area (Å²) in [6, 6.07) is 22.1. The fraction of sp³-hybridized carbons (Fsp3) is 0.0417. The van der Waals surface area contributed by atoms with Crippen LogP contribution in [0.5, 0.6) is 5.75 Å². The minimum absolute atomic E-state index is 0.161. The third-order valence-corrected chi connectivity index (χ3v) is 4.84. The number of imide groups is 2. The molecule has 154 valence electrons. The molecule has 1 heterocycles. The number of hydrogen-bond acceptors (Lipinski definition) is 4. The number of barbiturate groups is 1. The van der Waals surface area contributed by atoms with E-state index in [0.29, 0.717) is 28.6 Å². The van der Waals surface area contributed by atoms with Gasteiger partial charge in [0.2, 0.25) is 0 Å². The molecule has 3 aromatic carbocycles. The Labute approximate surface area is 183 Å². The van der Waals surface area contributed by atoms with Crippen molar-refractivity contribution < 1.29 is 19.1 Å². The van der Waals surface area contributed by atoms with Gasteiger partial charge in [0.05, 0.1) is 5.69 Å². The number of benzene rings is 3. The lowest BCUT2D eigenvalue weighted by atomic mass is 10.1. The fourth-order valence-corrected chi connectivity index (χ4v) is 3.29. The molecule has 0 unspecified atom stereocenters. The van der Waals surface area contributed by atoms with E-state index < -0.39 is 17.8 Å². The molecule has 1 saturated heterocycles. The molecule has 0 aromatic heterocycles. The molecule has 7 heteroatoms. The number of halogens is 1. The van der Waals surface area contributed by atoms with E-state index in [9.17, 15) is 14.4 Å². The molecule has 0 saturated carbocycles. The second-order valence-corrected chi connectivity index (χ2v) is 7.22. The summed E-state index contributed by atoms with van der Waals surface area (Å²) in [6.07, 6.45) is 1.40. The number of carbonyl (C=O) groups excluding carboxylic acids is 3. The van der Waals surface area contributed by atoms with Gasteiger partial charge in [-0.05, 0) is 53.6 Å². The molecule has 31 heavy (non-hydrogen) atoms. The zero-order valence-electron chi connectivity index (χ0n) is 16.2. The summed E-state index contributed by atoms with van der Waals surface area (Å²) in [7, 11) is 0. The zero-order chi connectivity index (χ0) is 21.8. The maximum absolute atomic E-state index is 12.9. The van der Waals surface area contributed by atoms with Gasteiger partial charge in [-0.1, -0.05) is 54.1 Å². The summed E-state index contributed by atoms with van der Waals surface area (Å²) in [5.41, 5.74) is 1.75. The van der Waals surface area contributed by atoms with E-state index in [0.717, 1.165) is 10.5 Å². The Morgan fingerprint density at radius 1 is 0.903 bits per heavy atom. The van der Waals surface area contributed by atoms with Crippen LogP contribution in [-0.4, -0.2) is 17.8 Å². The first-order chi connectivity index (χ1) is 15.0. The summed E-state index contributed by atoms with van der Waals surface area (Å²) in [4.78, 5) is 38.5. The molecule has 0 bridgehead atoms. The number of rotatable bonds is 5. The number of nitrogens with one attached hydrogen (secondary N) is 1. The quantitative estimate of drug-likeness (QED) is 0.472. The first-order valence-electron chi connectivity index (χ1n) is 9.45. The third-order valence-electron chi connectivity index (χ3n) is 4.60. The predicted octanol–water partition coefficient (Wildman–Crippen LogP) is 4.59. The van der Waals surface area contributed by atoms with Gasteiger partial charge in [-0.2, -0.15) is 0 Å². The summed E-state index contributed by atoms with van der Waals surface area (Å²) in [6.45, 7) is 0.393. The molecule has 0 spiro atoms. The van der Waals surface area contributed by atoms with E-state index in [1.54, 1.807) is 48.5 Å². The van der Waals surface area contributed by atoms with Gasteiger partial charge in [0, 0.05) is 5.02 Å². The molecule has 4 rings (SSSR count). The highest BCUT2D eigenvalue weighted by Crippen LogP contribution is 2.25. The van der Waals surface area contributed by atoms with Crippen molar-refractivity contribution >= 4 is 41.2 Å². The van der Waals surface area contributed by atoms with Gasteiger partial charge in [0.25, 0.3) is 11.8 Å². The number of anilines is 1. The third kappa shape index (κ3) is 4.65. The Balaban J connectivity index is 1.54. The van der Waals surface area contributed by atoms with Crippen LogP contribution >= 0.6 is 11.6 Å². The van der Waals surface area contributed by atoms with Gasteiger partial charge in [-0.3, -0.25) is 14.9 Å². The van der Waals surface area contributed by atoms with E-state index in [1.807, 2.05) is 30.3 Å². The lowest BCUT2D eigenvalue weighted by Crippen LogP contribution is -2.54. The molecular formula is C24H17ClN2O4. The molecule has 1 aliphatic rings. The van der Waals surface area contributed by atoms with Gasteiger partial charge in [-0.25, -0.2) is 9.69 Å². The standard InChI is InChI=1S/C24H17ClN2O4/c25-18-8-4-7-17(13-18)14-21-22(28)26-24(30)27(23(21)29)19-9-11-20(12-10-19)31-15-16-5-2-1-3-6-16/h1-14H,15H2,(H,26,28,30)/b21-14+. The van der Waals surface area contributed by atoms with Crippen molar-refractivity contribution in [3.05, 3.63) is 101 Å². The van der Waals surface area contributed by atoms with Crippen molar-refractivity contribution in [3.63, 3.8) is 0 Å². The highest BCUT2D eigenvalue weighted by Gasteiger charge is 2.36. The Morgan fingerprint density at radius 2 is 1.65 bits per heavy atom. The second kappa shape index (κ2) is 8.85. The predicted molar refractivity (Wildman–Crippen MR) is 118 cm³/mol. The van der Waals surface area contributed by atoms with Gasteiger partial charge in [0.1, 0.15) is 17.9 Å². The maximum atomic E-state index is 12.9. The Kier molecular flexibility index (Phi) is 5.82. The first kappa shape index (κ1) is 20.4. The smallest absolute Gasteiger partial charge is 0.335 e. The average molecular weight is 433 g/mol. The summed E-state index contributed by atoms with van der Waals surface area (Å²) < 4.78 is 5.73. The number of urea groups is 1. The molecule has 0 radical (unpaired) electrons. The Morgan fingerprint density at radius 3 is 2.35 bits per heavy atom. The molecule has 3 aromatic rings. The van der Waals surface area contributed by atoms with E-state index in [-0.39, 0.29) is 5.57 Å². The van der Waals surface area contributed by atoms with Crippen LogP contribution in [0.3, 0.4) is 0 Å². The van der Waals surface area contributed by atoms with Crippen LogP contribution in [0.2, 0.25) is 5.02 Å². The fourth-order valence-electron chi connectivity index (χ4n) is 3.09. The van der Waals surface area contributed by atoms with Crippen LogP contribution < -0.4 is 15.0 Å². The zero-order valence-corrected chi connectivity index (χ0v) is 17.0. The summed E-state index contributed by atoms with van der Waals surface area (Å²) >= 11 is 5.97. The van der Waals surface area contributed by atoms with Crippen molar-refractivity contribution in [1.29, 1.82) is 0 Å². The van der Waals surface area contributed by atoms with Gasteiger partial charge < -0.3 is 4.74 Å². The molecule has 1 fully saturated rings. The molecule has 1 aliphatic heterocycles. The van der Waals surface area contributed by atoms with Crippen molar-refractivity contribution in [2.45, 2.75) is 6.61 Å². The number of carbonyl (C=O) groups is 3. The second-order valence-electron chi connectivity index (χ2n) is 6.78. The monoisotopic (exact) mass is 432 g/mol. The summed E-state index contributed by atoms with van der Waals surface area (Å²) in [5, 5.41) is 2.67. The average Bonchev–Trinajstić information content (AvgIpc) is 2.77. The van der Waals surface area contributed by atoms with Crippen LogP contribution in [-0.2, 0) is 16.2 Å². The highest BCUT2D eigenvalue weighted by molar-refractivity contribution is 6.39. The first-order valence-corrected chi connectivity index (χ1v) is 9.83. The molecule has 0 atom stereocenters. The van der Waals surface area contributed by atoms with E-state index in [1.165, 1.54) is 6.08 Å². The van der Waals surface area contributed by atoms with Gasteiger partial charge in [-0.15, -0.1) is 0 Å². The van der Waals surface area contributed by atoms with Crippen molar-refractivity contribution in [3.8, 4) is 5.75 Å². The lowest BCUT2D eigenvalue weighted by Gasteiger charge is -2.26. The Hall–Kier alpha value is -3.90. The van der Waals surface area contributed by atoms with Crippen molar-refractivity contribution in [2.75, 3.05) is 4.90 Å². The van der Waals surface area contributed by atoms with E-state index >= 15 is 0 Å². The molecule has 0 aliphatic carbocycles. The minimum atomic E-state index is -0.809.